The van der Waals surface area contributed by atoms with E-state index >= 15 is 0 Å². The van der Waals surface area contributed by atoms with Gasteiger partial charge >= 0.3 is 0 Å². The van der Waals surface area contributed by atoms with Crippen molar-refractivity contribution in [3.8, 4) is 0 Å². The van der Waals surface area contributed by atoms with E-state index in [0.717, 1.165) is 18.5 Å². The lowest BCUT2D eigenvalue weighted by atomic mass is 10.1. The molecule has 2 aromatic rings. The van der Waals surface area contributed by atoms with Crippen molar-refractivity contribution in [3.05, 3.63) is 33.8 Å². The van der Waals surface area contributed by atoms with Gasteiger partial charge in [-0.3, -0.25) is 0 Å². The van der Waals surface area contributed by atoms with E-state index < -0.39 is 0 Å². The third kappa shape index (κ3) is 4.28. The molecule has 20 heavy (non-hydrogen) atoms. The fourth-order valence-corrected chi connectivity index (χ4v) is 2.01. The lowest BCUT2D eigenvalue weighted by Crippen LogP contribution is -2.11. The first kappa shape index (κ1) is 14.9. The number of nitrogens with one attached hydrogen (secondary N) is 3. The molecule has 0 bridgehead atoms. The van der Waals surface area contributed by atoms with Crippen LogP contribution in [0.3, 0.4) is 0 Å². The summed E-state index contributed by atoms with van der Waals surface area (Å²) in [5, 5.41) is 14.3. The Bertz CT molecular complexity index is 568. The van der Waals surface area contributed by atoms with Gasteiger partial charge in [0.1, 0.15) is 0 Å². The summed E-state index contributed by atoms with van der Waals surface area (Å²) in [5.74, 6) is 1.24. The zero-order valence-electron chi connectivity index (χ0n) is 11.4. The molecule has 7 heteroatoms. The molecule has 0 aliphatic carbocycles. The zero-order valence-corrected chi connectivity index (χ0v) is 12.9. The van der Waals surface area contributed by atoms with Crippen molar-refractivity contribution in [3.63, 3.8) is 0 Å². The maximum atomic E-state index is 5.97. The highest BCUT2D eigenvalue weighted by Crippen LogP contribution is 2.22. The van der Waals surface area contributed by atoms with Crippen LogP contribution in [-0.2, 0) is 6.42 Å². The number of benzene rings is 1. The molecule has 0 radical (unpaired) electrons. The van der Waals surface area contributed by atoms with E-state index in [2.05, 4.69) is 25.8 Å². The molecule has 3 N–H and O–H groups in total. The Labute approximate surface area is 128 Å². The maximum absolute atomic E-state index is 5.97. The van der Waals surface area contributed by atoms with Crippen molar-refractivity contribution in [2.45, 2.75) is 26.3 Å². The van der Waals surface area contributed by atoms with Crippen LogP contribution in [0.15, 0.2) is 18.2 Å². The lowest BCUT2D eigenvalue weighted by molar-refractivity contribution is 0.876. The van der Waals surface area contributed by atoms with Gasteiger partial charge in [0, 0.05) is 12.6 Å². The van der Waals surface area contributed by atoms with Gasteiger partial charge in [-0.2, -0.15) is 4.98 Å². The van der Waals surface area contributed by atoms with Crippen LogP contribution >= 0.6 is 23.2 Å². The lowest BCUT2D eigenvalue weighted by Gasteiger charge is -2.05. The summed E-state index contributed by atoms with van der Waals surface area (Å²) in [5.41, 5.74) is 1.11. The fraction of sp³-hybridized carbons (Fsp3) is 0.385. The molecule has 0 saturated carbocycles. The second-order valence-electron chi connectivity index (χ2n) is 4.73. The Morgan fingerprint density at radius 1 is 1.25 bits per heavy atom. The third-order valence-corrected chi connectivity index (χ3v) is 3.33. The van der Waals surface area contributed by atoms with Crippen molar-refractivity contribution in [1.29, 1.82) is 0 Å². The van der Waals surface area contributed by atoms with Crippen LogP contribution in [0, 0.1) is 0 Å². The van der Waals surface area contributed by atoms with Crippen LogP contribution < -0.4 is 10.6 Å². The van der Waals surface area contributed by atoms with Crippen molar-refractivity contribution in [2.24, 2.45) is 0 Å². The van der Waals surface area contributed by atoms with Gasteiger partial charge in [0.2, 0.25) is 11.9 Å². The molecule has 0 unspecified atom stereocenters. The number of nitrogens with zero attached hydrogens (tertiary/aromatic N) is 2. The summed E-state index contributed by atoms with van der Waals surface area (Å²) < 4.78 is 0. The van der Waals surface area contributed by atoms with Crippen LogP contribution in [-0.4, -0.2) is 27.8 Å². The molecule has 0 saturated heterocycles. The van der Waals surface area contributed by atoms with Gasteiger partial charge in [-0.25, -0.2) is 5.10 Å². The van der Waals surface area contributed by atoms with Crippen molar-refractivity contribution >= 4 is 35.1 Å². The summed E-state index contributed by atoms with van der Waals surface area (Å²) in [6.45, 7) is 4.80. The number of aromatic amines is 1. The van der Waals surface area contributed by atoms with Crippen LogP contribution in [0.4, 0.5) is 11.9 Å². The third-order valence-electron chi connectivity index (χ3n) is 2.59. The average Bonchev–Trinajstić information content (AvgIpc) is 2.80. The number of aromatic nitrogens is 3. The number of hydrogen-bond acceptors (Lipinski definition) is 4. The van der Waals surface area contributed by atoms with Crippen molar-refractivity contribution in [2.75, 3.05) is 17.2 Å². The first-order chi connectivity index (χ1) is 9.54. The van der Waals surface area contributed by atoms with Gasteiger partial charge in [0.05, 0.1) is 10.0 Å². The first-order valence-electron chi connectivity index (χ1n) is 6.41. The van der Waals surface area contributed by atoms with E-state index in [0.29, 0.717) is 28.0 Å². The molecule has 2 rings (SSSR count). The van der Waals surface area contributed by atoms with Crippen LogP contribution in [0.25, 0.3) is 0 Å². The molecule has 1 aromatic carbocycles. The summed E-state index contributed by atoms with van der Waals surface area (Å²) in [6.07, 6.45) is 0.818. The molecule has 5 nitrogen and oxygen atoms in total. The molecule has 0 aliphatic rings. The standard InChI is InChI=1S/C13H17Cl2N5/c1-8(2)17-13-18-12(19-20-13)16-6-5-9-3-4-10(14)11(15)7-9/h3-4,7-8H,5-6H2,1-2H3,(H3,16,17,18,19,20). The minimum absolute atomic E-state index is 0.312. The van der Waals surface area contributed by atoms with E-state index in [4.69, 9.17) is 23.2 Å². The number of anilines is 2. The van der Waals surface area contributed by atoms with Crippen LogP contribution in [0.5, 0.6) is 0 Å². The maximum Gasteiger partial charge on any atom is 0.243 e. The molecule has 0 amide bonds. The number of halogens is 2. The quantitative estimate of drug-likeness (QED) is 0.762. The van der Waals surface area contributed by atoms with E-state index in [1.54, 1.807) is 6.07 Å². The molecule has 0 aliphatic heterocycles. The van der Waals surface area contributed by atoms with Crippen LogP contribution in [0.1, 0.15) is 19.4 Å². The monoisotopic (exact) mass is 313 g/mol. The normalized spacial score (nSPS) is 10.8. The molecule has 0 spiro atoms. The smallest absolute Gasteiger partial charge is 0.243 e. The molecule has 1 aromatic heterocycles. The SMILES string of the molecule is CC(C)Nc1nc(NCCc2ccc(Cl)c(Cl)c2)n[nH]1. The summed E-state index contributed by atoms with van der Waals surface area (Å²) >= 11 is 11.8. The van der Waals surface area contributed by atoms with Gasteiger partial charge in [0.15, 0.2) is 0 Å². The highest BCUT2D eigenvalue weighted by molar-refractivity contribution is 6.42. The Morgan fingerprint density at radius 3 is 2.75 bits per heavy atom. The predicted octanol–water partition coefficient (Wildman–Crippen LogP) is 3.59. The number of H-pyrrole nitrogens is 1. The van der Waals surface area contributed by atoms with Gasteiger partial charge < -0.3 is 10.6 Å². The van der Waals surface area contributed by atoms with Crippen molar-refractivity contribution < 1.29 is 0 Å². The highest BCUT2D eigenvalue weighted by atomic mass is 35.5. The predicted molar refractivity (Wildman–Crippen MR) is 83.8 cm³/mol. The number of hydrogen-bond donors (Lipinski definition) is 3. The van der Waals surface area contributed by atoms with E-state index in [9.17, 15) is 0 Å². The average molecular weight is 314 g/mol. The topological polar surface area (TPSA) is 65.6 Å². The minimum Gasteiger partial charge on any atom is -0.353 e. The first-order valence-corrected chi connectivity index (χ1v) is 7.17. The molecule has 1 heterocycles. The molecular formula is C13H17Cl2N5. The van der Waals surface area contributed by atoms with E-state index in [-0.39, 0.29) is 0 Å². The Kier molecular flexibility index (Phi) is 5.09. The van der Waals surface area contributed by atoms with E-state index in [1.807, 2.05) is 26.0 Å². The molecule has 108 valence electrons. The van der Waals surface area contributed by atoms with Gasteiger partial charge in [-0.05, 0) is 38.0 Å². The molecule has 0 fully saturated rings. The van der Waals surface area contributed by atoms with E-state index in [1.165, 1.54) is 0 Å². The fourth-order valence-electron chi connectivity index (χ4n) is 1.69. The second-order valence-corrected chi connectivity index (χ2v) is 5.55. The van der Waals surface area contributed by atoms with Crippen LogP contribution in [0.2, 0.25) is 10.0 Å². The summed E-state index contributed by atoms with van der Waals surface area (Å²) in [7, 11) is 0. The van der Waals surface area contributed by atoms with Gasteiger partial charge in [-0.15, -0.1) is 5.10 Å². The Hall–Kier alpha value is -1.46. The molecular weight excluding hydrogens is 297 g/mol. The zero-order chi connectivity index (χ0) is 14.5. The number of rotatable bonds is 6. The summed E-state index contributed by atoms with van der Waals surface area (Å²) in [6, 6.07) is 5.94. The molecule has 0 atom stereocenters. The Morgan fingerprint density at radius 2 is 2.05 bits per heavy atom. The highest BCUT2D eigenvalue weighted by Gasteiger charge is 2.04. The second kappa shape index (κ2) is 6.81. The minimum atomic E-state index is 0.312. The Balaban J connectivity index is 1.83. The largest absolute Gasteiger partial charge is 0.353 e. The summed E-state index contributed by atoms with van der Waals surface area (Å²) in [4.78, 5) is 4.28. The van der Waals surface area contributed by atoms with Gasteiger partial charge in [-0.1, -0.05) is 29.3 Å². The van der Waals surface area contributed by atoms with Gasteiger partial charge in [0.25, 0.3) is 0 Å². The van der Waals surface area contributed by atoms with Crippen molar-refractivity contribution in [1.82, 2.24) is 15.2 Å².